The molecule has 0 bridgehead atoms. The minimum absolute atomic E-state index is 0.0790. The Kier molecular flexibility index (Phi) is 3.66. The predicted octanol–water partition coefficient (Wildman–Crippen LogP) is 0.417. The molecular weight excluding hydrogens is 238 g/mol. The van der Waals surface area contributed by atoms with Crippen LogP contribution in [0.4, 0.5) is 0 Å². The van der Waals surface area contributed by atoms with Gasteiger partial charge in [0.05, 0.1) is 6.42 Å². The first-order valence-corrected chi connectivity index (χ1v) is 5.55. The third-order valence-electron chi connectivity index (χ3n) is 2.44. The van der Waals surface area contributed by atoms with Gasteiger partial charge in [0.25, 0.3) is 5.91 Å². The number of rotatable bonds is 4. The fourth-order valence-electron chi connectivity index (χ4n) is 1.56. The molecule has 1 aromatic rings. The number of benzene rings is 1. The Bertz CT molecular complexity index is 460. The number of hydrogen-bond acceptors (Lipinski definition) is 4. The maximum absolute atomic E-state index is 11.7. The van der Waals surface area contributed by atoms with Crippen molar-refractivity contribution in [1.82, 2.24) is 5.32 Å². The molecule has 0 aliphatic carbocycles. The molecule has 1 aliphatic rings. The number of ether oxygens (including phenoxy) is 2. The van der Waals surface area contributed by atoms with E-state index in [1.165, 1.54) is 0 Å². The summed E-state index contributed by atoms with van der Waals surface area (Å²) in [5, 5.41) is 10.9. The van der Waals surface area contributed by atoms with Gasteiger partial charge in [0, 0.05) is 6.54 Å². The van der Waals surface area contributed by atoms with Gasteiger partial charge < -0.3 is 19.9 Å². The van der Waals surface area contributed by atoms with Crippen LogP contribution in [0.25, 0.3) is 0 Å². The predicted molar refractivity (Wildman–Crippen MR) is 61.6 cm³/mol. The van der Waals surface area contributed by atoms with Crippen LogP contribution in [0.1, 0.15) is 6.42 Å². The zero-order valence-electron chi connectivity index (χ0n) is 9.59. The van der Waals surface area contributed by atoms with E-state index in [2.05, 4.69) is 5.32 Å². The topological polar surface area (TPSA) is 84.9 Å². The van der Waals surface area contributed by atoms with Crippen molar-refractivity contribution < 1.29 is 24.2 Å². The summed E-state index contributed by atoms with van der Waals surface area (Å²) in [6.45, 7) is 0.200. The lowest BCUT2D eigenvalue weighted by molar-refractivity contribution is -0.137. The number of amides is 1. The minimum atomic E-state index is -0.957. The molecule has 1 amide bonds. The van der Waals surface area contributed by atoms with Crippen LogP contribution in [0, 0.1) is 0 Å². The molecule has 0 saturated heterocycles. The summed E-state index contributed by atoms with van der Waals surface area (Å²) in [5.74, 6) is -0.207. The van der Waals surface area contributed by atoms with Crippen LogP contribution in [0.2, 0.25) is 0 Å². The van der Waals surface area contributed by atoms with Gasteiger partial charge in [-0.25, -0.2) is 0 Å². The van der Waals surface area contributed by atoms with Gasteiger partial charge in [-0.1, -0.05) is 12.1 Å². The fraction of sp³-hybridized carbons (Fsp3) is 0.333. The summed E-state index contributed by atoms with van der Waals surface area (Å²) in [6, 6.07) is 7.07. The molecule has 0 spiro atoms. The highest BCUT2D eigenvalue weighted by Crippen LogP contribution is 2.30. The summed E-state index contributed by atoms with van der Waals surface area (Å²) < 4.78 is 10.8. The SMILES string of the molecule is O=C(O)CCNC(=O)C1COc2ccccc2O1. The van der Waals surface area contributed by atoms with Crippen molar-refractivity contribution in [3.05, 3.63) is 24.3 Å². The average molecular weight is 251 g/mol. The van der Waals surface area contributed by atoms with Crippen LogP contribution in [0.5, 0.6) is 11.5 Å². The summed E-state index contributed by atoms with van der Waals surface area (Å²) in [4.78, 5) is 22.0. The van der Waals surface area contributed by atoms with Crippen LogP contribution >= 0.6 is 0 Å². The molecule has 6 heteroatoms. The van der Waals surface area contributed by atoms with E-state index in [9.17, 15) is 9.59 Å². The van der Waals surface area contributed by atoms with Gasteiger partial charge in [-0.15, -0.1) is 0 Å². The third kappa shape index (κ3) is 2.91. The Hall–Kier alpha value is -2.24. The lowest BCUT2D eigenvalue weighted by Crippen LogP contribution is -2.44. The molecule has 2 N–H and O–H groups in total. The normalized spacial score (nSPS) is 17.0. The van der Waals surface area contributed by atoms with Crippen molar-refractivity contribution >= 4 is 11.9 Å². The van der Waals surface area contributed by atoms with Crippen LogP contribution < -0.4 is 14.8 Å². The van der Waals surface area contributed by atoms with Crippen LogP contribution in [0.15, 0.2) is 24.3 Å². The van der Waals surface area contributed by atoms with E-state index in [1.807, 2.05) is 6.07 Å². The zero-order valence-corrected chi connectivity index (χ0v) is 9.59. The van der Waals surface area contributed by atoms with Gasteiger partial charge in [0.2, 0.25) is 6.10 Å². The average Bonchev–Trinajstić information content (AvgIpc) is 2.37. The number of aliphatic carboxylic acids is 1. The first kappa shape index (κ1) is 12.2. The van der Waals surface area contributed by atoms with E-state index < -0.39 is 12.1 Å². The Labute approximate surface area is 104 Å². The van der Waals surface area contributed by atoms with Gasteiger partial charge in [-0.05, 0) is 12.1 Å². The molecule has 1 aromatic carbocycles. The van der Waals surface area contributed by atoms with E-state index in [1.54, 1.807) is 18.2 Å². The van der Waals surface area contributed by atoms with Crippen molar-refractivity contribution in [2.24, 2.45) is 0 Å². The van der Waals surface area contributed by atoms with E-state index in [0.717, 1.165) is 0 Å². The molecule has 1 unspecified atom stereocenters. The fourth-order valence-corrected chi connectivity index (χ4v) is 1.56. The number of carbonyl (C=O) groups is 2. The quantitative estimate of drug-likeness (QED) is 0.810. The highest BCUT2D eigenvalue weighted by atomic mass is 16.6. The Balaban J connectivity index is 1.88. The Morgan fingerprint density at radius 2 is 2.06 bits per heavy atom. The number of hydrogen-bond donors (Lipinski definition) is 2. The number of carboxylic acids is 1. The van der Waals surface area contributed by atoms with Crippen molar-refractivity contribution in [2.45, 2.75) is 12.5 Å². The van der Waals surface area contributed by atoms with Crippen molar-refractivity contribution in [3.63, 3.8) is 0 Å². The van der Waals surface area contributed by atoms with Gasteiger partial charge in [-0.2, -0.15) is 0 Å². The molecule has 0 fully saturated rings. The van der Waals surface area contributed by atoms with Crippen LogP contribution in [-0.2, 0) is 9.59 Å². The minimum Gasteiger partial charge on any atom is -0.485 e. The first-order valence-electron chi connectivity index (χ1n) is 5.55. The molecule has 2 rings (SSSR count). The van der Waals surface area contributed by atoms with E-state index >= 15 is 0 Å². The smallest absolute Gasteiger partial charge is 0.305 e. The zero-order chi connectivity index (χ0) is 13.0. The van der Waals surface area contributed by atoms with Gasteiger partial charge in [-0.3, -0.25) is 9.59 Å². The first-order chi connectivity index (χ1) is 8.66. The van der Waals surface area contributed by atoms with Crippen molar-refractivity contribution in [1.29, 1.82) is 0 Å². The molecule has 6 nitrogen and oxygen atoms in total. The van der Waals surface area contributed by atoms with Crippen LogP contribution in [-0.4, -0.2) is 36.2 Å². The highest BCUT2D eigenvalue weighted by molar-refractivity contribution is 5.82. The Morgan fingerprint density at radius 3 is 2.78 bits per heavy atom. The maximum Gasteiger partial charge on any atom is 0.305 e. The molecule has 1 heterocycles. The number of fused-ring (bicyclic) bond motifs is 1. The molecule has 1 aliphatic heterocycles. The number of carbonyl (C=O) groups excluding carboxylic acids is 1. The molecule has 18 heavy (non-hydrogen) atoms. The van der Waals surface area contributed by atoms with E-state index in [0.29, 0.717) is 11.5 Å². The molecular formula is C12H13NO5. The molecule has 1 atom stereocenters. The van der Waals surface area contributed by atoms with Crippen molar-refractivity contribution in [2.75, 3.05) is 13.2 Å². The summed E-state index contributed by atoms with van der Waals surface area (Å²) in [5.41, 5.74) is 0. The standard InChI is InChI=1S/C12H13NO5/c14-11(15)5-6-13-12(16)10-7-17-8-3-1-2-4-9(8)18-10/h1-4,10H,5-7H2,(H,13,16)(H,14,15). The lowest BCUT2D eigenvalue weighted by atomic mass is 10.2. The second kappa shape index (κ2) is 5.39. The maximum atomic E-state index is 11.7. The largest absolute Gasteiger partial charge is 0.485 e. The van der Waals surface area contributed by atoms with Gasteiger partial charge in [0.1, 0.15) is 6.61 Å². The molecule has 0 aromatic heterocycles. The molecule has 0 saturated carbocycles. The van der Waals surface area contributed by atoms with E-state index in [-0.39, 0.29) is 25.5 Å². The highest BCUT2D eigenvalue weighted by Gasteiger charge is 2.26. The molecule has 0 radical (unpaired) electrons. The van der Waals surface area contributed by atoms with Gasteiger partial charge in [0.15, 0.2) is 11.5 Å². The number of nitrogens with one attached hydrogen (secondary N) is 1. The third-order valence-corrected chi connectivity index (χ3v) is 2.44. The van der Waals surface area contributed by atoms with Crippen molar-refractivity contribution in [3.8, 4) is 11.5 Å². The summed E-state index contributed by atoms with van der Waals surface area (Å²) in [6.07, 6.45) is -0.857. The number of para-hydroxylation sites is 2. The summed E-state index contributed by atoms with van der Waals surface area (Å²) in [7, 11) is 0. The lowest BCUT2D eigenvalue weighted by Gasteiger charge is -2.25. The number of carboxylic acid groups (broad SMARTS) is 1. The van der Waals surface area contributed by atoms with Gasteiger partial charge >= 0.3 is 5.97 Å². The molecule has 96 valence electrons. The monoisotopic (exact) mass is 251 g/mol. The Morgan fingerprint density at radius 1 is 1.33 bits per heavy atom. The summed E-state index contributed by atoms with van der Waals surface area (Å²) >= 11 is 0. The second-order valence-corrected chi connectivity index (χ2v) is 3.80. The van der Waals surface area contributed by atoms with E-state index in [4.69, 9.17) is 14.6 Å². The van der Waals surface area contributed by atoms with Crippen LogP contribution in [0.3, 0.4) is 0 Å². The second-order valence-electron chi connectivity index (χ2n) is 3.80.